The SMILES string of the molecule is CCC(=O)C(C)N1CCSC(C)C1C. The van der Waals surface area contributed by atoms with Crippen LogP contribution in [0.25, 0.3) is 0 Å². The molecule has 14 heavy (non-hydrogen) atoms. The molecular weight excluding hydrogens is 194 g/mol. The van der Waals surface area contributed by atoms with Crippen LogP contribution in [-0.4, -0.2) is 40.3 Å². The van der Waals surface area contributed by atoms with Gasteiger partial charge in [-0.3, -0.25) is 9.69 Å². The summed E-state index contributed by atoms with van der Waals surface area (Å²) in [7, 11) is 0. The molecule has 0 bridgehead atoms. The van der Waals surface area contributed by atoms with Gasteiger partial charge in [0.05, 0.1) is 6.04 Å². The summed E-state index contributed by atoms with van der Waals surface area (Å²) in [6.07, 6.45) is 0.659. The van der Waals surface area contributed by atoms with Crippen LogP contribution >= 0.6 is 11.8 Å². The molecule has 82 valence electrons. The van der Waals surface area contributed by atoms with Gasteiger partial charge >= 0.3 is 0 Å². The predicted molar refractivity (Wildman–Crippen MR) is 62.8 cm³/mol. The number of Topliss-reactive ketones (excluding diaryl/α,β-unsaturated/α-hetero) is 1. The van der Waals surface area contributed by atoms with E-state index < -0.39 is 0 Å². The summed E-state index contributed by atoms with van der Waals surface area (Å²) in [4.78, 5) is 14.0. The highest BCUT2D eigenvalue weighted by atomic mass is 32.2. The topological polar surface area (TPSA) is 20.3 Å². The Morgan fingerprint density at radius 2 is 2.21 bits per heavy atom. The van der Waals surface area contributed by atoms with Crippen LogP contribution < -0.4 is 0 Å². The molecule has 0 aromatic carbocycles. The first-order valence-corrected chi connectivity index (χ1v) is 6.52. The van der Waals surface area contributed by atoms with Crippen LogP contribution in [0, 0.1) is 0 Å². The second-order valence-corrected chi connectivity index (χ2v) is 5.54. The highest BCUT2D eigenvalue weighted by Gasteiger charge is 2.30. The maximum Gasteiger partial charge on any atom is 0.149 e. The molecule has 0 N–H and O–H groups in total. The van der Waals surface area contributed by atoms with E-state index in [4.69, 9.17) is 0 Å². The van der Waals surface area contributed by atoms with Gasteiger partial charge in [-0.15, -0.1) is 0 Å². The third kappa shape index (κ3) is 2.51. The number of carbonyl (C=O) groups excluding carboxylic acids is 1. The number of thioether (sulfide) groups is 1. The van der Waals surface area contributed by atoms with Crippen molar-refractivity contribution < 1.29 is 4.79 Å². The van der Waals surface area contributed by atoms with Crippen molar-refractivity contribution in [2.45, 2.75) is 51.4 Å². The Morgan fingerprint density at radius 1 is 1.57 bits per heavy atom. The molecule has 1 heterocycles. The van der Waals surface area contributed by atoms with Gasteiger partial charge in [-0.05, 0) is 13.8 Å². The third-order valence-corrected chi connectivity index (χ3v) is 4.58. The van der Waals surface area contributed by atoms with E-state index in [1.54, 1.807) is 0 Å². The van der Waals surface area contributed by atoms with Gasteiger partial charge in [0.15, 0.2) is 0 Å². The number of ketones is 1. The summed E-state index contributed by atoms with van der Waals surface area (Å²) in [5, 5.41) is 0.649. The van der Waals surface area contributed by atoms with E-state index in [2.05, 4.69) is 18.7 Å². The largest absolute Gasteiger partial charge is 0.298 e. The zero-order chi connectivity index (χ0) is 10.7. The van der Waals surface area contributed by atoms with E-state index >= 15 is 0 Å². The van der Waals surface area contributed by atoms with Gasteiger partial charge in [0.25, 0.3) is 0 Å². The number of carbonyl (C=O) groups is 1. The molecule has 1 aliphatic heterocycles. The summed E-state index contributed by atoms with van der Waals surface area (Å²) >= 11 is 2.01. The number of rotatable bonds is 3. The maximum absolute atomic E-state index is 11.6. The summed E-state index contributed by atoms with van der Waals surface area (Å²) in [5.74, 6) is 1.53. The van der Waals surface area contributed by atoms with Crippen molar-refractivity contribution >= 4 is 17.5 Å². The third-order valence-electron chi connectivity index (χ3n) is 3.24. The number of nitrogens with zero attached hydrogens (tertiary/aromatic N) is 1. The van der Waals surface area contributed by atoms with Gasteiger partial charge in [0.1, 0.15) is 5.78 Å². The first kappa shape index (κ1) is 12.1. The number of hydrogen-bond donors (Lipinski definition) is 0. The van der Waals surface area contributed by atoms with E-state index in [-0.39, 0.29) is 6.04 Å². The molecule has 1 rings (SSSR count). The molecule has 1 saturated heterocycles. The average molecular weight is 215 g/mol. The Bertz CT molecular complexity index is 207. The molecule has 0 saturated carbocycles. The lowest BCUT2D eigenvalue weighted by molar-refractivity contribution is -0.124. The van der Waals surface area contributed by atoms with Crippen molar-refractivity contribution in [1.82, 2.24) is 4.90 Å². The van der Waals surface area contributed by atoms with Crippen LogP contribution in [0.15, 0.2) is 0 Å². The second kappa shape index (κ2) is 5.17. The van der Waals surface area contributed by atoms with Crippen LogP contribution in [-0.2, 0) is 4.79 Å². The summed E-state index contributed by atoms with van der Waals surface area (Å²) in [6.45, 7) is 9.54. The van der Waals surface area contributed by atoms with Gasteiger partial charge < -0.3 is 0 Å². The zero-order valence-electron chi connectivity index (χ0n) is 9.62. The zero-order valence-corrected chi connectivity index (χ0v) is 10.4. The Balaban J connectivity index is 2.61. The molecule has 3 heteroatoms. The molecule has 1 fully saturated rings. The summed E-state index contributed by atoms with van der Waals surface area (Å²) in [5.41, 5.74) is 0. The molecule has 1 aliphatic rings. The standard InChI is InChI=1S/C11H21NOS/c1-5-11(13)9(3)12-6-7-14-10(4)8(12)2/h8-10H,5-7H2,1-4H3. The monoisotopic (exact) mass is 215 g/mol. The van der Waals surface area contributed by atoms with E-state index in [9.17, 15) is 4.79 Å². The fourth-order valence-electron chi connectivity index (χ4n) is 1.98. The lowest BCUT2D eigenvalue weighted by Gasteiger charge is -2.40. The molecule has 0 aromatic rings. The van der Waals surface area contributed by atoms with Gasteiger partial charge in [-0.25, -0.2) is 0 Å². The molecular formula is C11H21NOS. The first-order chi connectivity index (χ1) is 6.57. The van der Waals surface area contributed by atoms with Crippen LogP contribution in [0.3, 0.4) is 0 Å². The van der Waals surface area contributed by atoms with Crippen molar-refractivity contribution in [2.24, 2.45) is 0 Å². The van der Waals surface area contributed by atoms with Crippen LogP contribution in [0.2, 0.25) is 0 Å². The quantitative estimate of drug-likeness (QED) is 0.720. The lowest BCUT2D eigenvalue weighted by Crippen LogP contribution is -2.51. The van der Waals surface area contributed by atoms with Gasteiger partial charge in [0.2, 0.25) is 0 Å². The minimum atomic E-state index is 0.110. The van der Waals surface area contributed by atoms with Crippen molar-refractivity contribution in [3.63, 3.8) is 0 Å². The molecule has 3 unspecified atom stereocenters. The Kier molecular flexibility index (Phi) is 4.45. The van der Waals surface area contributed by atoms with Gasteiger partial charge in [-0.1, -0.05) is 13.8 Å². The fraction of sp³-hybridized carbons (Fsp3) is 0.909. The molecule has 2 nitrogen and oxygen atoms in total. The van der Waals surface area contributed by atoms with E-state index in [0.29, 0.717) is 23.5 Å². The maximum atomic E-state index is 11.6. The Morgan fingerprint density at radius 3 is 2.79 bits per heavy atom. The smallest absolute Gasteiger partial charge is 0.149 e. The van der Waals surface area contributed by atoms with Gasteiger partial charge in [0, 0.05) is 30.0 Å². The van der Waals surface area contributed by atoms with E-state index in [0.717, 1.165) is 12.3 Å². The second-order valence-electron chi connectivity index (χ2n) is 4.05. The highest BCUT2D eigenvalue weighted by Crippen LogP contribution is 2.26. The van der Waals surface area contributed by atoms with Crippen molar-refractivity contribution in [2.75, 3.05) is 12.3 Å². The first-order valence-electron chi connectivity index (χ1n) is 5.48. The highest BCUT2D eigenvalue weighted by molar-refractivity contribution is 8.00. The van der Waals surface area contributed by atoms with E-state index in [1.807, 2.05) is 25.6 Å². The predicted octanol–water partition coefficient (Wildman–Crippen LogP) is 2.18. The summed E-state index contributed by atoms with van der Waals surface area (Å²) in [6, 6.07) is 0.637. The minimum absolute atomic E-state index is 0.110. The van der Waals surface area contributed by atoms with Crippen LogP contribution in [0.4, 0.5) is 0 Å². The van der Waals surface area contributed by atoms with E-state index in [1.165, 1.54) is 0 Å². The minimum Gasteiger partial charge on any atom is -0.298 e. The molecule has 0 aromatic heterocycles. The molecule has 0 aliphatic carbocycles. The molecule has 3 atom stereocenters. The summed E-state index contributed by atoms with van der Waals surface area (Å²) < 4.78 is 0. The van der Waals surface area contributed by atoms with Crippen molar-refractivity contribution in [3.8, 4) is 0 Å². The Hall–Kier alpha value is -0.0200. The number of hydrogen-bond acceptors (Lipinski definition) is 3. The average Bonchev–Trinajstić information content (AvgIpc) is 2.20. The Labute approximate surface area is 91.4 Å². The van der Waals surface area contributed by atoms with Crippen LogP contribution in [0.5, 0.6) is 0 Å². The normalized spacial score (nSPS) is 31.4. The fourth-order valence-corrected chi connectivity index (χ4v) is 3.11. The van der Waals surface area contributed by atoms with Crippen LogP contribution in [0.1, 0.15) is 34.1 Å². The van der Waals surface area contributed by atoms with Crippen molar-refractivity contribution in [1.29, 1.82) is 0 Å². The molecule has 0 radical (unpaired) electrons. The molecule has 0 amide bonds. The lowest BCUT2D eigenvalue weighted by atomic mass is 10.1. The van der Waals surface area contributed by atoms with Crippen molar-refractivity contribution in [3.05, 3.63) is 0 Å². The van der Waals surface area contributed by atoms with Gasteiger partial charge in [-0.2, -0.15) is 11.8 Å². The molecule has 0 spiro atoms.